The number of nitrogens with one attached hydrogen (secondary N) is 2. The molecule has 0 radical (unpaired) electrons. The predicted octanol–water partition coefficient (Wildman–Crippen LogP) is 5.70. The molecule has 3 N–H and O–H groups in total. The fourth-order valence-electron chi connectivity index (χ4n) is 4.03. The van der Waals surface area contributed by atoms with Crippen LogP contribution in [0.25, 0.3) is 22.2 Å². The highest BCUT2D eigenvalue weighted by Gasteiger charge is 2.29. The largest absolute Gasteiger partial charge is 0.428 e. The molecule has 5 rings (SSSR count). The summed E-state index contributed by atoms with van der Waals surface area (Å²) in [5.41, 5.74) is 4.09. The summed E-state index contributed by atoms with van der Waals surface area (Å²) < 4.78 is 15.0. The van der Waals surface area contributed by atoms with Crippen LogP contribution in [0, 0.1) is 5.82 Å². The summed E-state index contributed by atoms with van der Waals surface area (Å²) in [5.74, 6) is 0.521. The number of fused-ring (bicyclic) bond motifs is 1. The van der Waals surface area contributed by atoms with E-state index >= 15 is 0 Å². The summed E-state index contributed by atoms with van der Waals surface area (Å²) >= 11 is 0. The Morgan fingerprint density at radius 1 is 0.806 bits per heavy atom. The first-order valence-electron chi connectivity index (χ1n) is 10.1. The summed E-state index contributed by atoms with van der Waals surface area (Å²) in [6.45, 7) is 0. The van der Waals surface area contributed by atoms with Crippen molar-refractivity contribution in [3.05, 3.63) is 120 Å². The molecule has 4 nitrogen and oxygen atoms in total. The topological polar surface area (TPSA) is 51.3 Å². The number of benzene rings is 3. The van der Waals surface area contributed by atoms with Gasteiger partial charge in [0.25, 0.3) is 5.82 Å². The number of aromatic nitrogens is 2. The summed E-state index contributed by atoms with van der Waals surface area (Å²) in [5, 5.41) is 15.6. The molecule has 0 fully saturated rings. The van der Waals surface area contributed by atoms with E-state index in [-0.39, 0.29) is 11.9 Å². The zero-order valence-corrected chi connectivity index (χ0v) is 16.7. The lowest BCUT2D eigenvalue weighted by atomic mass is 9.93. The molecule has 0 saturated carbocycles. The van der Waals surface area contributed by atoms with Crippen LogP contribution in [0.3, 0.4) is 0 Å². The summed E-state index contributed by atoms with van der Waals surface area (Å²) in [6, 6.07) is 29.4. The van der Waals surface area contributed by atoms with Crippen molar-refractivity contribution in [2.45, 2.75) is 6.04 Å². The van der Waals surface area contributed by atoms with E-state index < -0.39 is 0 Å². The van der Waals surface area contributed by atoms with Crippen LogP contribution in [0.15, 0.2) is 103 Å². The maximum Gasteiger partial charge on any atom is 0.272 e. The second-order valence-electron chi connectivity index (χ2n) is 7.36. The average Bonchev–Trinajstić information content (AvgIpc) is 3.12. The number of rotatable bonds is 5. The highest BCUT2D eigenvalue weighted by Crippen LogP contribution is 2.40. The maximum absolute atomic E-state index is 13.7. The quantitative estimate of drug-likeness (QED) is 0.365. The fourth-order valence-corrected chi connectivity index (χ4v) is 4.03. The van der Waals surface area contributed by atoms with Gasteiger partial charge in [0, 0.05) is 28.1 Å². The number of halogens is 1. The van der Waals surface area contributed by atoms with Gasteiger partial charge >= 0.3 is 0 Å². The molecule has 152 valence electrons. The van der Waals surface area contributed by atoms with Crippen LogP contribution in [0.4, 0.5) is 10.2 Å². The number of hydrogen-bond donors (Lipinski definition) is 2. The van der Waals surface area contributed by atoms with Gasteiger partial charge in [-0.05, 0) is 24.3 Å². The van der Waals surface area contributed by atoms with E-state index in [4.69, 9.17) is 0 Å². The zero-order valence-electron chi connectivity index (χ0n) is 16.7. The highest BCUT2D eigenvalue weighted by molar-refractivity contribution is 5.93. The molecule has 0 aliphatic carbocycles. The molecule has 3 aromatic carbocycles. The zero-order chi connectivity index (χ0) is 21.2. The van der Waals surface area contributed by atoms with Gasteiger partial charge in [-0.3, -0.25) is 5.32 Å². The van der Waals surface area contributed by atoms with Gasteiger partial charge < -0.3 is 5.21 Å². The van der Waals surface area contributed by atoms with Crippen LogP contribution < -0.4 is 10.3 Å². The number of anilines is 1. The van der Waals surface area contributed by atoms with E-state index in [2.05, 4.69) is 10.3 Å². The van der Waals surface area contributed by atoms with E-state index in [1.165, 1.54) is 16.9 Å². The minimum Gasteiger partial charge on any atom is -0.428 e. The average molecular weight is 410 g/mol. The second-order valence-corrected chi connectivity index (χ2v) is 7.36. The first-order chi connectivity index (χ1) is 15.2. The Balaban J connectivity index is 1.79. The van der Waals surface area contributed by atoms with Gasteiger partial charge in [-0.1, -0.05) is 66.7 Å². The third kappa shape index (κ3) is 3.51. The lowest BCUT2D eigenvalue weighted by molar-refractivity contribution is -0.361. The normalized spacial score (nSPS) is 12.0. The van der Waals surface area contributed by atoms with Gasteiger partial charge in [-0.25, -0.2) is 9.37 Å². The molecular formula is C26H21FN3O+. The van der Waals surface area contributed by atoms with Crippen molar-refractivity contribution in [2.24, 2.45) is 0 Å². The van der Waals surface area contributed by atoms with Crippen molar-refractivity contribution in [3.63, 3.8) is 0 Å². The number of para-hydroxylation sites is 1. The van der Waals surface area contributed by atoms with Crippen molar-refractivity contribution in [1.29, 1.82) is 0 Å². The fraction of sp³-hybridized carbons (Fsp3) is 0.0385. The van der Waals surface area contributed by atoms with E-state index in [1.54, 1.807) is 12.1 Å². The molecule has 0 aliphatic heterocycles. The Hall–Kier alpha value is -4.12. The minimum atomic E-state index is -0.340. The van der Waals surface area contributed by atoms with Gasteiger partial charge in [0.2, 0.25) is 0 Å². The van der Waals surface area contributed by atoms with Gasteiger partial charge in [0.1, 0.15) is 11.9 Å². The molecule has 2 heterocycles. The lowest BCUT2D eigenvalue weighted by Crippen LogP contribution is -2.19. The minimum absolute atomic E-state index is 0.290. The highest BCUT2D eigenvalue weighted by atomic mass is 19.1. The molecule has 5 aromatic rings. The monoisotopic (exact) mass is 410 g/mol. The van der Waals surface area contributed by atoms with Crippen molar-refractivity contribution < 1.29 is 14.6 Å². The van der Waals surface area contributed by atoms with Crippen LogP contribution in [-0.4, -0.2) is 9.94 Å². The van der Waals surface area contributed by atoms with E-state index in [0.29, 0.717) is 11.2 Å². The van der Waals surface area contributed by atoms with Crippen LogP contribution in [0.1, 0.15) is 17.2 Å². The second kappa shape index (κ2) is 7.95. The Labute approximate surface area is 179 Å². The Morgan fingerprint density at radius 3 is 2.26 bits per heavy atom. The molecule has 0 spiro atoms. The van der Waals surface area contributed by atoms with Crippen molar-refractivity contribution in [1.82, 2.24) is 4.73 Å². The van der Waals surface area contributed by atoms with Crippen LogP contribution in [-0.2, 0) is 0 Å². The smallest absolute Gasteiger partial charge is 0.272 e. The number of aromatic amines is 1. The van der Waals surface area contributed by atoms with E-state index in [1.807, 2.05) is 79.0 Å². The van der Waals surface area contributed by atoms with Gasteiger partial charge in [-0.15, -0.1) is 0 Å². The lowest BCUT2D eigenvalue weighted by Gasteiger charge is -2.17. The summed E-state index contributed by atoms with van der Waals surface area (Å²) in [4.78, 5) is 3.21. The summed E-state index contributed by atoms with van der Waals surface area (Å²) in [7, 11) is 0. The number of nitrogens with zero attached hydrogens (tertiary/aromatic N) is 1. The molecule has 0 bridgehead atoms. The molecule has 0 amide bonds. The molecule has 0 unspecified atom stereocenters. The third-order valence-corrected chi connectivity index (χ3v) is 5.44. The van der Waals surface area contributed by atoms with Crippen LogP contribution in [0.5, 0.6) is 0 Å². The Kier molecular flexibility index (Phi) is 4.84. The summed E-state index contributed by atoms with van der Waals surface area (Å²) in [6.07, 6.45) is 1.84. The number of pyridine rings is 1. The maximum atomic E-state index is 13.7. The van der Waals surface area contributed by atoms with E-state index in [9.17, 15) is 9.60 Å². The SMILES string of the molecule is On1c(-c2ccccc2)c([C@@H](Nc2cccc[nH+]2)c2ccc(F)cc2)c2ccccc21. The van der Waals surface area contributed by atoms with Crippen molar-refractivity contribution in [2.75, 3.05) is 5.32 Å². The molecule has 0 aliphatic rings. The third-order valence-electron chi connectivity index (χ3n) is 5.44. The standard InChI is InChI=1S/C26H20FN3O/c27-20-15-13-18(14-16-20)25(29-23-12-6-7-17-28-23)24-21-10-4-5-11-22(21)30(31)26(24)19-8-2-1-3-9-19/h1-17,25,31H,(H,28,29)/p+1/t25-/m0/s1. The molecule has 0 saturated heterocycles. The van der Waals surface area contributed by atoms with Gasteiger partial charge in [0.15, 0.2) is 0 Å². The molecule has 1 atom stereocenters. The Bertz CT molecular complexity index is 1320. The van der Waals surface area contributed by atoms with Gasteiger partial charge in [-0.2, -0.15) is 4.73 Å². The van der Waals surface area contributed by atoms with Crippen LogP contribution in [0.2, 0.25) is 0 Å². The predicted molar refractivity (Wildman–Crippen MR) is 119 cm³/mol. The number of hydrogen-bond acceptors (Lipinski definition) is 2. The van der Waals surface area contributed by atoms with Crippen molar-refractivity contribution in [3.8, 4) is 11.3 Å². The van der Waals surface area contributed by atoms with E-state index in [0.717, 1.165) is 27.9 Å². The first kappa shape index (κ1) is 18.9. The molecule has 31 heavy (non-hydrogen) atoms. The van der Waals surface area contributed by atoms with Gasteiger partial charge in [0.05, 0.1) is 17.4 Å². The molecular weight excluding hydrogens is 389 g/mol. The number of H-pyrrole nitrogens is 1. The van der Waals surface area contributed by atoms with Crippen molar-refractivity contribution >= 4 is 16.7 Å². The first-order valence-corrected chi connectivity index (χ1v) is 10.1. The van der Waals surface area contributed by atoms with Crippen LogP contribution >= 0.6 is 0 Å². The molecule has 5 heteroatoms. The Morgan fingerprint density at radius 2 is 1.52 bits per heavy atom. The molecule has 2 aromatic heterocycles.